The van der Waals surface area contributed by atoms with E-state index in [2.05, 4.69) is 9.97 Å². The number of amides is 1. The van der Waals surface area contributed by atoms with Gasteiger partial charge in [-0.2, -0.15) is 4.31 Å². The van der Waals surface area contributed by atoms with Gasteiger partial charge in [0.05, 0.1) is 17.4 Å². The molecule has 1 fully saturated rings. The molecule has 0 bridgehead atoms. The Labute approximate surface area is 149 Å². The third-order valence-electron chi connectivity index (χ3n) is 4.16. The SMILES string of the molecule is O=C(c1ccc([N+](=O)[O-])cc1)N1CCCN(S(=O)(=O)c2cnc[nH]2)CC1. The van der Waals surface area contributed by atoms with Gasteiger partial charge in [0.25, 0.3) is 21.6 Å². The summed E-state index contributed by atoms with van der Waals surface area (Å²) in [5.41, 5.74) is 0.245. The van der Waals surface area contributed by atoms with Gasteiger partial charge in [-0.1, -0.05) is 0 Å². The molecule has 1 aromatic carbocycles. The molecule has 1 N–H and O–H groups in total. The first-order valence-electron chi connectivity index (χ1n) is 7.92. The normalized spacial score (nSPS) is 16.2. The van der Waals surface area contributed by atoms with Crippen molar-refractivity contribution in [1.82, 2.24) is 19.2 Å². The van der Waals surface area contributed by atoms with Crippen LogP contribution in [-0.2, 0) is 10.0 Å². The Kier molecular flexibility index (Phi) is 5.00. The van der Waals surface area contributed by atoms with Crippen molar-refractivity contribution >= 4 is 21.6 Å². The van der Waals surface area contributed by atoms with E-state index in [1.54, 1.807) is 4.90 Å². The number of nitro groups is 1. The van der Waals surface area contributed by atoms with Crippen molar-refractivity contribution in [2.24, 2.45) is 0 Å². The average Bonchev–Trinajstić information content (AvgIpc) is 3.06. The number of nitrogens with one attached hydrogen (secondary N) is 1. The predicted molar refractivity (Wildman–Crippen MR) is 91.0 cm³/mol. The van der Waals surface area contributed by atoms with Crippen molar-refractivity contribution in [3.05, 3.63) is 52.5 Å². The number of carbonyl (C=O) groups is 1. The highest BCUT2D eigenvalue weighted by molar-refractivity contribution is 7.89. The summed E-state index contributed by atoms with van der Waals surface area (Å²) in [6.07, 6.45) is 3.04. The Hall–Kier alpha value is -2.79. The van der Waals surface area contributed by atoms with Gasteiger partial charge in [0.2, 0.25) is 0 Å². The van der Waals surface area contributed by atoms with Crippen LogP contribution in [0.3, 0.4) is 0 Å². The number of hydrogen-bond acceptors (Lipinski definition) is 6. The van der Waals surface area contributed by atoms with Crippen molar-refractivity contribution in [2.75, 3.05) is 26.2 Å². The maximum absolute atomic E-state index is 12.6. The van der Waals surface area contributed by atoms with Gasteiger partial charge in [0.1, 0.15) is 0 Å². The van der Waals surface area contributed by atoms with Crippen LogP contribution in [0.5, 0.6) is 0 Å². The summed E-state index contributed by atoms with van der Waals surface area (Å²) in [4.78, 5) is 30.6. The highest BCUT2D eigenvalue weighted by atomic mass is 32.2. The molecule has 1 aliphatic heterocycles. The number of nitro benzene ring substituents is 1. The number of H-pyrrole nitrogens is 1. The minimum atomic E-state index is -3.67. The van der Waals surface area contributed by atoms with E-state index >= 15 is 0 Å². The fraction of sp³-hybridized carbons (Fsp3) is 0.333. The third kappa shape index (κ3) is 3.58. The molecule has 0 radical (unpaired) electrons. The average molecular weight is 379 g/mol. The molecule has 0 spiro atoms. The van der Waals surface area contributed by atoms with Crippen LogP contribution in [0.4, 0.5) is 5.69 Å². The first kappa shape index (κ1) is 18.0. The number of aromatic amines is 1. The molecule has 1 aromatic heterocycles. The van der Waals surface area contributed by atoms with Crippen molar-refractivity contribution in [3.63, 3.8) is 0 Å². The van der Waals surface area contributed by atoms with Crippen LogP contribution >= 0.6 is 0 Å². The van der Waals surface area contributed by atoms with Gasteiger partial charge in [-0.05, 0) is 18.6 Å². The highest BCUT2D eigenvalue weighted by Crippen LogP contribution is 2.18. The smallest absolute Gasteiger partial charge is 0.269 e. The van der Waals surface area contributed by atoms with Gasteiger partial charge in [-0.3, -0.25) is 14.9 Å². The number of nitrogens with zero attached hydrogens (tertiary/aromatic N) is 4. The molecule has 0 atom stereocenters. The molecule has 138 valence electrons. The molecular weight excluding hydrogens is 362 g/mol. The van der Waals surface area contributed by atoms with E-state index in [1.807, 2.05) is 0 Å². The molecule has 0 unspecified atom stereocenters. The van der Waals surface area contributed by atoms with E-state index < -0.39 is 14.9 Å². The lowest BCUT2D eigenvalue weighted by molar-refractivity contribution is -0.384. The van der Waals surface area contributed by atoms with E-state index in [4.69, 9.17) is 0 Å². The summed E-state index contributed by atoms with van der Waals surface area (Å²) < 4.78 is 26.4. The second kappa shape index (κ2) is 7.22. The number of sulfonamides is 1. The van der Waals surface area contributed by atoms with Gasteiger partial charge in [-0.25, -0.2) is 13.4 Å². The Morgan fingerprint density at radius 1 is 1.15 bits per heavy atom. The summed E-state index contributed by atoms with van der Waals surface area (Å²) in [6, 6.07) is 5.37. The lowest BCUT2D eigenvalue weighted by atomic mass is 10.2. The van der Waals surface area contributed by atoms with E-state index in [1.165, 1.54) is 41.1 Å². The van der Waals surface area contributed by atoms with Crippen molar-refractivity contribution in [1.29, 1.82) is 0 Å². The number of imidazole rings is 1. The summed E-state index contributed by atoms with van der Waals surface area (Å²) in [7, 11) is -3.67. The molecule has 26 heavy (non-hydrogen) atoms. The standard InChI is InChI=1S/C15H17N5O5S/c21-15(12-2-4-13(5-3-12)20(22)23)18-6-1-7-19(9-8-18)26(24,25)14-10-16-11-17-14/h2-5,10-11H,1,6-9H2,(H,16,17). The number of benzene rings is 1. The van der Waals surface area contributed by atoms with Gasteiger partial charge in [-0.15, -0.1) is 0 Å². The Morgan fingerprint density at radius 2 is 1.88 bits per heavy atom. The zero-order chi connectivity index (χ0) is 18.7. The number of rotatable bonds is 4. The van der Waals surface area contributed by atoms with Crippen LogP contribution in [0.15, 0.2) is 41.8 Å². The summed E-state index contributed by atoms with van der Waals surface area (Å²) in [5, 5.41) is 10.7. The molecule has 1 amide bonds. The topological polar surface area (TPSA) is 130 Å². The molecular formula is C15H17N5O5S. The minimum Gasteiger partial charge on any atom is -0.337 e. The molecule has 0 aliphatic carbocycles. The summed E-state index contributed by atoms with van der Waals surface area (Å²) >= 11 is 0. The van der Waals surface area contributed by atoms with Gasteiger partial charge in [0.15, 0.2) is 5.03 Å². The zero-order valence-electron chi connectivity index (χ0n) is 13.7. The second-order valence-electron chi connectivity index (χ2n) is 5.77. The van der Waals surface area contributed by atoms with Crippen molar-refractivity contribution < 1.29 is 18.1 Å². The van der Waals surface area contributed by atoms with Gasteiger partial charge < -0.3 is 9.88 Å². The van der Waals surface area contributed by atoms with Crippen LogP contribution in [0, 0.1) is 10.1 Å². The van der Waals surface area contributed by atoms with Crippen LogP contribution in [0.2, 0.25) is 0 Å². The van der Waals surface area contributed by atoms with Crippen LogP contribution in [0.1, 0.15) is 16.8 Å². The molecule has 11 heteroatoms. The minimum absolute atomic E-state index is 0.0210. The quantitative estimate of drug-likeness (QED) is 0.619. The molecule has 10 nitrogen and oxygen atoms in total. The Balaban J connectivity index is 1.70. The Bertz CT molecular complexity index is 895. The van der Waals surface area contributed by atoms with Crippen LogP contribution < -0.4 is 0 Å². The zero-order valence-corrected chi connectivity index (χ0v) is 14.6. The highest BCUT2D eigenvalue weighted by Gasteiger charge is 2.29. The molecule has 1 saturated heterocycles. The number of aromatic nitrogens is 2. The number of non-ortho nitro benzene ring substituents is 1. The predicted octanol–water partition coefficient (Wildman–Crippen LogP) is 0.855. The molecule has 3 rings (SSSR count). The van der Waals surface area contributed by atoms with Crippen LogP contribution in [0.25, 0.3) is 0 Å². The maximum atomic E-state index is 12.6. The van der Waals surface area contributed by atoms with Gasteiger partial charge >= 0.3 is 0 Å². The summed E-state index contributed by atoms with van der Waals surface area (Å²) in [6.45, 7) is 1.11. The lowest BCUT2D eigenvalue weighted by Crippen LogP contribution is -2.37. The molecule has 1 aliphatic rings. The number of carbonyl (C=O) groups excluding carboxylic acids is 1. The largest absolute Gasteiger partial charge is 0.337 e. The van der Waals surface area contributed by atoms with Crippen molar-refractivity contribution in [3.8, 4) is 0 Å². The first-order valence-corrected chi connectivity index (χ1v) is 9.36. The van der Waals surface area contributed by atoms with Crippen LogP contribution in [-0.4, -0.2) is 64.6 Å². The molecule has 2 heterocycles. The van der Waals surface area contributed by atoms with E-state index in [0.717, 1.165) is 0 Å². The molecule has 2 aromatic rings. The summed E-state index contributed by atoms with van der Waals surface area (Å²) in [5.74, 6) is -0.277. The molecule has 0 saturated carbocycles. The number of hydrogen-bond donors (Lipinski definition) is 1. The lowest BCUT2D eigenvalue weighted by Gasteiger charge is -2.21. The third-order valence-corrected chi connectivity index (χ3v) is 5.98. The first-order chi connectivity index (χ1) is 12.4. The monoisotopic (exact) mass is 379 g/mol. The van der Waals surface area contributed by atoms with Crippen molar-refractivity contribution in [2.45, 2.75) is 11.4 Å². The fourth-order valence-corrected chi connectivity index (χ4v) is 4.13. The second-order valence-corrected chi connectivity index (χ2v) is 7.68. The van der Waals surface area contributed by atoms with E-state index in [9.17, 15) is 23.3 Å². The van der Waals surface area contributed by atoms with E-state index in [0.29, 0.717) is 25.1 Å². The maximum Gasteiger partial charge on any atom is 0.269 e. The fourth-order valence-electron chi connectivity index (χ4n) is 2.77. The van der Waals surface area contributed by atoms with Gasteiger partial charge in [0, 0.05) is 43.9 Å². The van der Waals surface area contributed by atoms with E-state index in [-0.39, 0.29) is 29.7 Å². The Morgan fingerprint density at radius 3 is 2.50 bits per heavy atom.